The van der Waals surface area contributed by atoms with Crippen LogP contribution in [0, 0.1) is 0 Å². The van der Waals surface area contributed by atoms with Gasteiger partial charge < -0.3 is 19.9 Å². The number of piperidine rings is 1. The van der Waals surface area contributed by atoms with Gasteiger partial charge in [-0.25, -0.2) is 0 Å². The maximum Gasteiger partial charge on any atom is 0.241 e. The van der Waals surface area contributed by atoms with E-state index < -0.39 is 0 Å². The molecule has 0 spiro atoms. The van der Waals surface area contributed by atoms with Crippen molar-refractivity contribution in [3.05, 3.63) is 0 Å². The first-order valence-corrected chi connectivity index (χ1v) is 9.33. The fraction of sp³-hybridized carbons (Fsp3) is 0.882. The zero-order chi connectivity index (χ0) is 16.8. The Morgan fingerprint density at radius 1 is 1.08 bits per heavy atom. The van der Waals surface area contributed by atoms with Crippen LogP contribution in [0.15, 0.2) is 4.99 Å². The molecule has 0 aromatic rings. The van der Waals surface area contributed by atoms with E-state index in [2.05, 4.69) is 20.1 Å². The van der Waals surface area contributed by atoms with Crippen molar-refractivity contribution in [1.82, 2.24) is 20.0 Å². The molecule has 3 rings (SSSR count). The number of rotatable bonds is 3. The summed E-state index contributed by atoms with van der Waals surface area (Å²) in [5.74, 6) is 1.05. The summed E-state index contributed by atoms with van der Waals surface area (Å²) in [4.78, 5) is 23.5. The number of nitrogens with zero attached hydrogens (tertiary/aromatic N) is 4. The lowest BCUT2D eigenvalue weighted by molar-refractivity contribution is -0.130. The smallest absolute Gasteiger partial charge is 0.241 e. The molecule has 3 fully saturated rings. The number of ether oxygens (including phenoxy) is 1. The predicted octanol–water partition coefficient (Wildman–Crippen LogP) is -0.0192. The van der Waals surface area contributed by atoms with Gasteiger partial charge >= 0.3 is 0 Å². The fourth-order valence-electron chi connectivity index (χ4n) is 3.92. The number of amides is 1. The van der Waals surface area contributed by atoms with E-state index in [0.29, 0.717) is 12.6 Å². The van der Waals surface area contributed by atoms with Crippen molar-refractivity contribution >= 4 is 11.9 Å². The standard InChI is InChI=1S/C17H31N5O2/c1-18-17(19-13-16(23)21-6-3-2-4-7-21)22-8-5-15(14-22)20-9-11-24-12-10-20/h15H,2-14H2,1H3,(H,18,19). The van der Waals surface area contributed by atoms with Gasteiger partial charge in [-0.3, -0.25) is 14.7 Å². The van der Waals surface area contributed by atoms with Crippen molar-refractivity contribution in [2.24, 2.45) is 4.99 Å². The van der Waals surface area contributed by atoms with Crippen LogP contribution in [0.3, 0.4) is 0 Å². The Balaban J connectivity index is 1.45. The SMILES string of the molecule is CN=C(NCC(=O)N1CCCCC1)N1CCC(N2CCOCC2)C1. The Hall–Kier alpha value is -1.34. The van der Waals surface area contributed by atoms with Crippen LogP contribution in [0.25, 0.3) is 0 Å². The zero-order valence-electron chi connectivity index (χ0n) is 14.9. The molecule has 24 heavy (non-hydrogen) atoms. The van der Waals surface area contributed by atoms with E-state index in [1.165, 1.54) is 6.42 Å². The molecule has 3 saturated heterocycles. The number of aliphatic imine (C=N–C) groups is 1. The van der Waals surface area contributed by atoms with Gasteiger partial charge in [0.2, 0.25) is 5.91 Å². The number of carbonyl (C=O) groups is 1. The quantitative estimate of drug-likeness (QED) is 0.579. The molecule has 7 nitrogen and oxygen atoms in total. The second kappa shape index (κ2) is 8.67. The lowest BCUT2D eigenvalue weighted by atomic mass is 10.1. The van der Waals surface area contributed by atoms with E-state index in [0.717, 1.165) is 77.7 Å². The van der Waals surface area contributed by atoms with Crippen molar-refractivity contribution in [1.29, 1.82) is 0 Å². The van der Waals surface area contributed by atoms with Gasteiger partial charge in [0.1, 0.15) is 0 Å². The van der Waals surface area contributed by atoms with Gasteiger partial charge in [-0.05, 0) is 25.7 Å². The van der Waals surface area contributed by atoms with Crippen molar-refractivity contribution in [2.75, 3.05) is 66.1 Å². The van der Waals surface area contributed by atoms with Gasteiger partial charge in [-0.15, -0.1) is 0 Å². The highest BCUT2D eigenvalue weighted by atomic mass is 16.5. The molecule has 1 unspecified atom stereocenters. The van der Waals surface area contributed by atoms with Gasteiger partial charge in [0.05, 0.1) is 19.8 Å². The highest BCUT2D eigenvalue weighted by Gasteiger charge is 2.30. The summed E-state index contributed by atoms with van der Waals surface area (Å²) in [6, 6.07) is 0.574. The van der Waals surface area contributed by atoms with Gasteiger partial charge in [0.25, 0.3) is 0 Å². The molecular weight excluding hydrogens is 306 g/mol. The van der Waals surface area contributed by atoms with Crippen LogP contribution in [0.4, 0.5) is 0 Å². The minimum Gasteiger partial charge on any atom is -0.379 e. The number of carbonyl (C=O) groups excluding carboxylic acids is 1. The molecule has 1 atom stereocenters. The normalized spacial score (nSPS) is 26.7. The van der Waals surface area contributed by atoms with Crippen molar-refractivity contribution in [3.63, 3.8) is 0 Å². The first kappa shape index (κ1) is 17.5. The number of nitrogens with one attached hydrogen (secondary N) is 1. The van der Waals surface area contributed by atoms with E-state index in [4.69, 9.17) is 4.74 Å². The van der Waals surface area contributed by atoms with Crippen molar-refractivity contribution < 1.29 is 9.53 Å². The maximum atomic E-state index is 12.3. The van der Waals surface area contributed by atoms with Crippen LogP contribution in [0.5, 0.6) is 0 Å². The second-order valence-electron chi connectivity index (χ2n) is 6.88. The predicted molar refractivity (Wildman–Crippen MR) is 94.2 cm³/mol. The third-order valence-corrected chi connectivity index (χ3v) is 5.34. The van der Waals surface area contributed by atoms with E-state index in [9.17, 15) is 4.79 Å². The first-order valence-electron chi connectivity index (χ1n) is 9.33. The van der Waals surface area contributed by atoms with Crippen LogP contribution in [0.1, 0.15) is 25.7 Å². The fourth-order valence-corrected chi connectivity index (χ4v) is 3.92. The Morgan fingerprint density at radius 3 is 2.54 bits per heavy atom. The molecule has 136 valence electrons. The van der Waals surface area contributed by atoms with Crippen LogP contribution < -0.4 is 5.32 Å². The molecule has 0 aliphatic carbocycles. The molecular formula is C17H31N5O2. The largest absolute Gasteiger partial charge is 0.379 e. The molecule has 7 heteroatoms. The van der Waals surface area contributed by atoms with Gasteiger partial charge in [-0.1, -0.05) is 0 Å². The molecule has 0 aromatic heterocycles. The van der Waals surface area contributed by atoms with E-state index in [1.54, 1.807) is 7.05 Å². The van der Waals surface area contributed by atoms with Crippen molar-refractivity contribution in [2.45, 2.75) is 31.7 Å². The minimum absolute atomic E-state index is 0.194. The van der Waals surface area contributed by atoms with Crippen LogP contribution in [0.2, 0.25) is 0 Å². The minimum atomic E-state index is 0.194. The first-order chi connectivity index (χ1) is 11.8. The molecule has 0 radical (unpaired) electrons. The van der Waals surface area contributed by atoms with Crippen LogP contribution in [-0.2, 0) is 9.53 Å². The molecule has 0 aromatic carbocycles. The third-order valence-electron chi connectivity index (χ3n) is 5.34. The van der Waals surface area contributed by atoms with E-state index >= 15 is 0 Å². The average molecular weight is 337 g/mol. The molecule has 3 heterocycles. The average Bonchev–Trinajstić information content (AvgIpc) is 3.13. The highest BCUT2D eigenvalue weighted by Crippen LogP contribution is 2.17. The molecule has 1 N–H and O–H groups in total. The molecule has 0 bridgehead atoms. The van der Waals surface area contributed by atoms with Crippen LogP contribution in [-0.4, -0.2) is 98.7 Å². The number of hydrogen-bond acceptors (Lipinski definition) is 4. The van der Waals surface area contributed by atoms with Crippen LogP contribution >= 0.6 is 0 Å². The van der Waals surface area contributed by atoms with E-state index in [-0.39, 0.29) is 5.91 Å². The Labute approximate surface area is 145 Å². The summed E-state index contributed by atoms with van der Waals surface area (Å²) in [5.41, 5.74) is 0. The Morgan fingerprint density at radius 2 is 1.83 bits per heavy atom. The highest BCUT2D eigenvalue weighted by molar-refractivity contribution is 5.86. The van der Waals surface area contributed by atoms with Gasteiger partial charge in [-0.2, -0.15) is 0 Å². The Kier molecular flexibility index (Phi) is 6.31. The third kappa shape index (κ3) is 4.39. The monoisotopic (exact) mass is 337 g/mol. The van der Waals surface area contributed by atoms with Gasteiger partial charge in [0.15, 0.2) is 5.96 Å². The summed E-state index contributed by atoms with van der Waals surface area (Å²) in [6.45, 7) is 7.88. The molecule has 3 aliphatic heterocycles. The summed E-state index contributed by atoms with van der Waals surface area (Å²) < 4.78 is 5.44. The number of morpholine rings is 1. The van der Waals surface area contributed by atoms with Gasteiger partial charge in [0, 0.05) is 52.4 Å². The number of hydrogen-bond donors (Lipinski definition) is 1. The molecule has 1 amide bonds. The van der Waals surface area contributed by atoms with Crippen molar-refractivity contribution in [3.8, 4) is 0 Å². The summed E-state index contributed by atoms with van der Waals surface area (Å²) in [7, 11) is 1.80. The maximum absolute atomic E-state index is 12.3. The Bertz CT molecular complexity index is 444. The second-order valence-corrected chi connectivity index (χ2v) is 6.88. The summed E-state index contributed by atoms with van der Waals surface area (Å²) >= 11 is 0. The zero-order valence-corrected chi connectivity index (χ0v) is 14.9. The number of guanidine groups is 1. The summed E-state index contributed by atoms with van der Waals surface area (Å²) in [6.07, 6.45) is 4.66. The lowest BCUT2D eigenvalue weighted by Crippen LogP contribution is -2.48. The topological polar surface area (TPSA) is 60.4 Å². The number of likely N-dealkylation sites (tertiary alicyclic amines) is 2. The molecule has 3 aliphatic rings. The molecule has 0 saturated carbocycles. The summed E-state index contributed by atoms with van der Waals surface area (Å²) in [5, 5.41) is 3.27. The lowest BCUT2D eigenvalue weighted by Gasteiger charge is -2.32. The van der Waals surface area contributed by atoms with E-state index in [1.807, 2.05) is 4.90 Å².